The fraction of sp³-hybridized carbons (Fsp3) is 0.500. The molecular weight excluding hydrogens is 352 g/mol. The van der Waals surface area contributed by atoms with E-state index in [1.807, 2.05) is 6.08 Å². The summed E-state index contributed by atoms with van der Waals surface area (Å²) in [5, 5.41) is 2.48. The van der Waals surface area contributed by atoms with Crippen molar-refractivity contribution in [1.29, 1.82) is 0 Å². The zero-order valence-electron chi connectivity index (χ0n) is 17.2. The van der Waals surface area contributed by atoms with Gasteiger partial charge in [-0.1, -0.05) is 88.5 Å². The molecule has 0 aliphatic heterocycles. The third-order valence-electron chi connectivity index (χ3n) is 4.93. The van der Waals surface area contributed by atoms with Crippen LogP contribution in [-0.2, 0) is 9.84 Å². The van der Waals surface area contributed by atoms with Gasteiger partial charge in [0.05, 0.1) is 4.90 Å². The van der Waals surface area contributed by atoms with Crippen LogP contribution in [0.25, 0.3) is 0 Å². The zero-order valence-corrected chi connectivity index (χ0v) is 18.1. The third-order valence-corrected chi connectivity index (χ3v) is 6.24. The Morgan fingerprint density at radius 2 is 1.78 bits per heavy atom. The van der Waals surface area contributed by atoms with Crippen LogP contribution in [-0.4, -0.2) is 8.42 Å². The third kappa shape index (κ3) is 8.63. The second-order valence-electron chi connectivity index (χ2n) is 7.69. The second-order valence-corrected chi connectivity index (χ2v) is 9.37. The highest BCUT2D eigenvalue weighted by Crippen LogP contribution is 2.29. The van der Waals surface area contributed by atoms with E-state index in [4.69, 9.17) is 0 Å². The quantitative estimate of drug-likeness (QED) is 0.264. The van der Waals surface area contributed by atoms with E-state index in [0.717, 1.165) is 12.3 Å². The molecule has 0 radical (unpaired) electrons. The molecule has 148 valence electrons. The Morgan fingerprint density at radius 3 is 2.37 bits per heavy atom. The molecule has 0 fully saturated rings. The molecule has 0 unspecified atom stereocenters. The van der Waals surface area contributed by atoms with E-state index in [9.17, 15) is 8.42 Å². The van der Waals surface area contributed by atoms with Crippen LogP contribution in [0.5, 0.6) is 0 Å². The average molecular weight is 387 g/mol. The Hall–Kier alpha value is -1.79. The van der Waals surface area contributed by atoms with Crippen molar-refractivity contribution >= 4 is 9.84 Å². The van der Waals surface area contributed by atoms with E-state index in [0.29, 0.717) is 18.3 Å². The lowest BCUT2D eigenvalue weighted by Crippen LogP contribution is -2.13. The Morgan fingerprint density at radius 1 is 1.11 bits per heavy atom. The molecule has 0 saturated carbocycles. The minimum absolute atomic E-state index is 0.263. The second kappa shape index (κ2) is 11.8. The van der Waals surface area contributed by atoms with E-state index >= 15 is 0 Å². The van der Waals surface area contributed by atoms with Crippen molar-refractivity contribution in [3.05, 3.63) is 54.6 Å². The van der Waals surface area contributed by atoms with Gasteiger partial charge in [0.25, 0.3) is 0 Å². The Bertz CT molecular complexity index is 762. The molecular formula is C24H34O2S. The van der Waals surface area contributed by atoms with Crippen molar-refractivity contribution in [3.63, 3.8) is 0 Å². The molecule has 0 aromatic heterocycles. The first-order valence-electron chi connectivity index (χ1n) is 9.86. The summed E-state index contributed by atoms with van der Waals surface area (Å²) in [7, 11) is -3.52. The normalized spacial score (nSPS) is 14.3. The molecule has 3 heteroatoms. The highest BCUT2D eigenvalue weighted by atomic mass is 32.2. The number of allylic oxidation sites excluding steroid dienone is 3. The Kier molecular flexibility index (Phi) is 10.2. The minimum atomic E-state index is -3.52. The molecule has 0 N–H and O–H groups in total. The molecule has 2 atom stereocenters. The molecule has 1 aromatic carbocycles. The van der Waals surface area contributed by atoms with Crippen molar-refractivity contribution < 1.29 is 8.42 Å². The number of benzene rings is 1. The van der Waals surface area contributed by atoms with Crippen LogP contribution in [0.15, 0.2) is 59.5 Å². The van der Waals surface area contributed by atoms with Gasteiger partial charge in [-0.05, 0) is 43.2 Å². The molecule has 1 aromatic rings. The van der Waals surface area contributed by atoms with E-state index < -0.39 is 9.84 Å². The predicted octanol–water partition coefficient (Wildman–Crippen LogP) is 6.41. The van der Waals surface area contributed by atoms with Crippen molar-refractivity contribution in [3.8, 4) is 11.2 Å². The summed E-state index contributed by atoms with van der Waals surface area (Å²) in [4.78, 5) is 0.263. The number of sulfone groups is 1. The van der Waals surface area contributed by atoms with E-state index in [-0.39, 0.29) is 4.90 Å². The van der Waals surface area contributed by atoms with Gasteiger partial charge in [0.15, 0.2) is 0 Å². The van der Waals surface area contributed by atoms with Gasteiger partial charge in [-0.15, -0.1) is 0 Å². The van der Waals surface area contributed by atoms with E-state index in [2.05, 4.69) is 51.5 Å². The summed E-state index contributed by atoms with van der Waals surface area (Å²) in [6.45, 7) is 12.8. The molecule has 0 amide bonds. The van der Waals surface area contributed by atoms with Crippen LogP contribution in [0.1, 0.15) is 59.8 Å². The number of rotatable bonds is 10. The van der Waals surface area contributed by atoms with Gasteiger partial charge in [0.1, 0.15) is 0 Å². The maximum atomic E-state index is 12.3. The largest absolute Gasteiger partial charge is 0.245 e. The summed E-state index contributed by atoms with van der Waals surface area (Å²) in [5.41, 5.74) is 1.30. The first kappa shape index (κ1) is 23.2. The molecule has 1 rings (SSSR count). The summed E-state index contributed by atoms with van der Waals surface area (Å²) in [5.74, 6) is 4.58. The van der Waals surface area contributed by atoms with Crippen LogP contribution in [0.2, 0.25) is 0 Å². The molecule has 0 bridgehead atoms. The summed E-state index contributed by atoms with van der Waals surface area (Å²) in [6.07, 6.45) is 9.00. The summed E-state index contributed by atoms with van der Waals surface area (Å²) in [6, 6.07) is 8.40. The molecule has 27 heavy (non-hydrogen) atoms. The summed E-state index contributed by atoms with van der Waals surface area (Å²) >= 11 is 0. The lowest BCUT2D eigenvalue weighted by atomic mass is 9.81. The molecule has 0 saturated heterocycles. The fourth-order valence-corrected chi connectivity index (χ4v) is 4.28. The van der Waals surface area contributed by atoms with Gasteiger partial charge in [0, 0.05) is 11.7 Å². The predicted molar refractivity (Wildman–Crippen MR) is 116 cm³/mol. The Labute approximate surface area is 166 Å². The van der Waals surface area contributed by atoms with Gasteiger partial charge < -0.3 is 0 Å². The topological polar surface area (TPSA) is 34.1 Å². The first-order chi connectivity index (χ1) is 12.8. The van der Waals surface area contributed by atoms with Crippen molar-refractivity contribution in [1.82, 2.24) is 0 Å². The number of hydrogen-bond acceptors (Lipinski definition) is 2. The zero-order chi connectivity index (χ0) is 20.3. The van der Waals surface area contributed by atoms with Gasteiger partial charge in [-0.2, -0.15) is 0 Å². The van der Waals surface area contributed by atoms with Crippen molar-refractivity contribution in [2.75, 3.05) is 0 Å². The van der Waals surface area contributed by atoms with Gasteiger partial charge >= 0.3 is 0 Å². The van der Waals surface area contributed by atoms with Gasteiger partial charge in [-0.3, -0.25) is 0 Å². The highest BCUT2D eigenvalue weighted by Gasteiger charge is 2.18. The molecule has 0 aliphatic rings. The van der Waals surface area contributed by atoms with Crippen LogP contribution in [0.3, 0.4) is 0 Å². The standard InChI is InChI=1S/C24H34O2S/c1-6-13-21(4)24(22(5)15-12-14-20(2)3)18-10-11-19-27(25,26)23-16-8-7-9-17-23/h6-9,13,16-17,20,22,24H,1,10,12,14-15,18H2,2-5H3/b21-13+/t22-,24+/m1/s1. The monoisotopic (exact) mass is 386 g/mol. The molecule has 0 heterocycles. The first-order valence-corrected chi connectivity index (χ1v) is 11.3. The molecule has 2 nitrogen and oxygen atoms in total. The van der Waals surface area contributed by atoms with Crippen LogP contribution in [0.4, 0.5) is 0 Å². The van der Waals surface area contributed by atoms with E-state index in [1.165, 1.54) is 24.8 Å². The lowest BCUT2D eigenvalue weighted by Gasteiger charge is -2.24. The van der Waals surface area contributed by atoms with Crippen LogP contribution in [0, 0.1) is 28.9 Å². The van der Waals surface area contributed by atoms with Crippen LogP contribution < -0.4 is 0 Å². The Balaban J connectivity index is 2.75. The average Bonchev–Trinajstić information content (AvgIpc) is 2.62. The van der Waals surface area contributed by atoms with Gasteiger partial charge in [0.2, 0.25) is 9.84 Å². The van der Waals surface area contributed by atoms with E-state index in [1.54, 1.807) is 30.3 Å². The lowest BCUT2D eigenvalue weighted by molar-refractivity contribution is 0.346. The SMILES string of the molecule is C=C/C=C(\C)[C@H](CCC#CS(=O)(=O)c1ccccc1)[C@H](C)CCCC(C)C. The fourth-order valence-electron chi connectivity index (χ4n) is 3.35. The van der Waals surface area contributed by atoms with Crippen molar-refractivity contribution in [2.45, 2.75) is 64.7 Å². The van der Waals surface area contributed by atoms with Gasteiger partial charge in [-0.25, -0.2) is 8.42 Å². The highest BCUT2D eigenvalue weighted by molar-refractivity contribution is 7.96. The van der Waals surface area contributed by atoms with Crippen molar-refractivity contribution in [2.24, 2.45) is 17.8 Å². The molecule has 0 spiro atoms. The maximum Gasteiger partial charge on any atom is 0.245 e. The maximum absolute atomic E-state index is 12.3. The minimum Gasteiger partial charge on any atom is -0.210 e. The smallest absolute Gasteiger partial charge is 0.210 e. The van der Waals surface area contributed by atoms with Crippen LogP contribution >= 0.6 is 0 Å². The molecule has 0 aliphatic carbocycles. The summed E-state index contributed by atoms with van der Waals surface area (Å²) < 4.78 is 24.5. The number of hydrogen-bond donors (Lipinski definition) is 0.